The van der Waals surface area contributed by atoms with E-state index >= 15 is 0 Å². The number of aliphatic hydroxyl groups excluding tert-OH is 16. The first-order chi connectivity index (χ1) is 33.5. The van der Waals surface area contributed by atoms with Crippen LogP contribution in [0.1, 0.15) is 27.7 Å². The van der Waals surface area contributed by atoms with Crippen molar-refractivity contribution in [3.05, 3.63) is 0 Å². The van der Waals surface area contributed by atoms with E-state index < -0.39 is 222 Å². The van der Waals surface area contributed by atoms with Crippen LogP contribution in [0.5, 0.6) is 0 Å². The van der Waals surface area contributed by atoms with Crippen molar-refractivity contribution in [2.45, 2.75) is 212 Å². The summed E-state index contributed by atoms with van der Waals surface area (Å²) in [5, 5.41) is 178. The zero-order chi connectivity index (χ0) is 52.5. The van der Waals surface area contributed by atoms with Gasteiger partial charge in [-0.3, -0.25) is 9.59 Å². The van der Waals surface area contributed by atoms with Gasteiger partial charge >= 0.3 is 0 Å². The van der Waals surface area contributed by atoms with Crippen molar-refractivity contribution in [3.63, 3.8) is 0 Å². The molecule has 0 saturated carbocycles. The summed E-state index contributed by atoms with van der Waals surface area (Å²) in [6.45, 7) is 0.699. The maximum atomic E-state index is 13.2. The summed E-state index contributed by atoms with van der Waals surface area (Å²) in [7, 11) is 0. The van der Waals surface area contributed by atoms with Crippen LogP contribution in [0.25, 0.3) is 0 Å². The largest absolute Gasteiger partial charge is 0.394 e. The van der Waals surface area contributed by atoms with Crippen molar-refractivity contribution in [3.8, 4) is 0 Å². The van der Waals surface area contributed by atoms with E-state index in [1.807, 2.05) is 0 Å². The molecule has 6 saturated heterocycles. The third-order valence-electron chi connectivity index (χ3n) is 13.2. The molecule has 31 nitrogen and oxygen atoms in total. The predicted octanol–water partition coefficient (Wildman–Crippen LogP) is -11.8. The second kappa shape index (κ2) is 24.7. The average Bonchev–Trinajstić information content (AvgIpc) is 3.33. The maximum Gasteiger partial charge on any atom is 0.217 e. The van der Waals surface area contributed by atoms with E-state index in [1.54, 1.807) is 0 Å². The number of nitrogens with one attached hydrogen (secondary N) is 2. The van der Waals surface area contributed by atoms with Gasteiger partial charge in [-0.2, -0.15) is 0 Å². The molecule has 6 rings (SSSR count). The molecule has 31 heteroatoms. The Hall–Kier alpha value is -2.14. The van der Waals surface area contributed by atoms with Crippen LogP contribution in [0.4, 0.5) is 0 Å². The minimum absolute atomic E-state index is 0.748. The van der Waals surface area contributed by atoms with Crippen molar-refractivity contribution >= 4 is 11.8 Å². The molecule has 6 aliphatic rings. The zero-order valence-electron chi connectivity index (χ0n) is 38.6. The lowest BCUT2D eigenvalue weighted by atomic mass is 9.93. The predicted molar refractivity (Wildman–Crippen MR) is 220 cm³/mol. The van der Waals surface area contributed by atoms with Gasteiger partial charge in [-0.15, -0.1) is 0 Å². The Bertz CT molecular complexity index is 1710. The first-order valence-electron chi connectivity index (χ1n) is 22.8. The standard InChI is InChI=1S/C40H68N2O29/c1-9-19(49)24(54)27(57)37(61-9)67-30-16(8-46)66-36(70-33-23(53)15(7-45)64-39(29(33)59)68-31-17(41-11(3)47)35(60)63-14(6-44)22(31)52)18(42-12(4)48)32(30)69-40-34(26(56)21(51)13(5-43)65-40)71-38-28(58)25(55)20(50)10(2)62-38/h9-10,13-40,43-46,49-60H,5-8H2,1-4H3,(H,41,47)(H,42,48)/t9-,10-,13+,14+,15+,16+,17+,18+,19+,20+,21-,22-,23-,24+,25+,26-,27-,28-,29+,30+,31+,32+,33-,34+,35-,36-,37-,38-,39-,40-/m0/s1. The first kappa shape index (κ1) is 58.1. The molecule has 412 valence electrons. The number of carbonyl (C=O) groups excluding carboxylic acids is 2. The number of rotatable bonds is 16. The minimum Gasteiger partial charge on any atom is -0.394 e. The second-order valence-electron chi connectivity index (χ2n) is 18.2. The Morgan fingerprint density at radius 2 is 0.761 bits per heavy atom. The van der Waals surface area contributed by atoms with E-state index in [0.29, 0.717) is 0 Å². The molecule has 0 aromatic carbocycles. The Kier molecular flexibility index (Phi) is 20.2. The number of carbonyl (C=O) groups is 2. The van der Waals surface area contributed by atoms with Crippen LogP contribution in [0.15, 0.2) is 0 Å². The van der Waals surface area contributed by atoms with Crippen molar-refractivity contribution in [1.29, 1.82) is 0 Å². The number of hydrogen-bond donors (Lipinski definition) is 18. The third kappa shape index (κ3) is 12.4. The van der Waals surface area contributed by atoms with Crippen LogP contribution < -0.4 is 10.6 Å². The molecule has 30 atom stereocenters. The summed E-state index contributed by atoms with van der Waals surface area (Å²) < 4.78 is 64.5. The molecule has 0 unspecified atom stereocenters. The lowest BCUT2D eigenvalue weighted by Gasteiger charge is -2.52. The SMILES string of the molecule is CC(=O)N[C@@H]1[C@@H](O[C@@H]2O[C@H](CO)[C@H](O)[C@H](O[C@@H]3O[C@H](CO)[C@@H](O[C@@H]4O[C@@H](C)[C@@H](O)[C@@H](O)[C@@H]4O)[C@H](O[C@@H]4O[C@H](CO)[C@H](O)[C@H](O)[C@H]4O[C@@H]4O[C@@H](C)[C@@H](O)[C@@H](O)[C@@H]4O)[C@H]3NC(C)=O)[C@H]2O)[C@@H](O)[C@@H](CO)O[C@@H]1O. The quantitative estimate of drug-likeness (QED) is 0.0682. The van der Waals surface area contributed by atoms with Gasteiger partial charge in [0.15, 0.2) is 37.7 Å². The monoisotopic (exact) mass is 1040 g/mol. The summed E-state index contributed by atoms with van der Waals surface area (Å²) in [6.07, 6.45) is -52.0. The summed E-state index contributed by atoms with van der Waals surface area (Å²) in [4.78, 5) is 25.3. The van der Waals surface area contributed by atoms with E-state index in [-0.39, 0.29) is 0 Å². The van der Waals surface area contributed by atoms with E-state index in [9.17, 15) is 91.3 Å². The average molecular weight is 1040 g/mol. The fraction of sp³-hybridized carbons (Fsp3) is 0.950. The summed E-state index contributed by atoms with van der Waals surface area (Å²) in [5.74, 6) is -1.65. The van der Waals surface area contributed by atoms with Gasteiger partial charge in [0.2, 0.25) is 11.8 Å². The molecular formula is C40H68N2O29. The third-order valence-corrected chi connectivity index (χ3v) is 13.2. The highest BCUT2D eigenvalue weighted by atomic mass is 16.8. The van der Waals surface area contributed by atoms with Crippen LogP contribution in [-0.2, 0) is 61.7 Å². The number of hydrogen-bond acceptors (Lipinski definition) is 29. The maximum absolute atomic E-state index is 13.2. The Morgan fingerprint density at radius 1 is 0.366 bits per heavy atom. The topological polar surface area (TPSA) is 483 Å². The van der Waals surface area contributed by atoms with E-state index in [0.717, 1.165) is 13.8 Å². The fourth-order valence-electron chi connectivity index (χ4n) is 9.18. The Morgan fingerprint density at radius 3 is 1.28 bits per heavy atom. The zero-order valence-corrected chi connectivity index (χ0v) is 38.6. The van der Waals surface area contributed by atoms with Gasteiger partial charge in [-0.1, -0.05) is 0 Å². The Balaban J connectivity index is 1.39. The van der Waals surface area contributed by atoms with Gasteiger partial charge < -0.3 is 144 Å². The highest BCUT2D eigenvalue weighted by Gasteiger charge is 2.59. The Labute approximate surface area is 403 Å². The molecule has 0 spiro atoms. The van der Waals surface area contributed by atoms with Gasteiger partial charge in [-0.05, 0) is 13.8 Å². The fourth-order valence-corrected chi connectivity index (χ4v) is 9.18. The molecular weight excluding hydrogens is 972 g/mol. The molecule has 71 heavy (non-hydrogen) atoms. The second-order valence-corrected chi connectivity index (χ2v) is 18.2. The van der Waals surface area contributed by atoms with E-state index in [4.69, 9.17) is 52.1 Å². The van der Waals surface area contributed by atoms with Crippen LogP contribution in [0.2, 0.25) is 0 Å². The summed E-state index contributed by atoms with van der Waals surface area (Å²) >= 11 is 0. The molecule has 18 N–H and O–H groups in total. The molecule has 0 aromatic rings. The van der Waals surface area contributed by atoms with Crippen molar-refractivity contribution in [2.24, 2.45) is 0 Å². The molecule has 6 fully saturated rings. The van der Waals surface area contributed by atoms with Crippen LogP contribution in [0.3, 0.4) is 0 Å². The van der Waals surface area contributed by atoms with Crippen LogP contribution in [0, 0.1) is 0 Å². The summed E-state index contributed by atoms with van der Waals surface area (Å²) in [6, 6.07) is -3.46. The normalized spacial score (nSPS) is 50.8. The molecule has 6 aliphatic heterocycles. The first-order valence-corrected chi connectivity index (χ1v) is 22.8. The smallest absolute Gasteiger partial charge is 0.217 e. The minimum atomic E-state index is -2.21. The van der Waals surface area contributed by atoms with Gasteiger partial charge in [0.1, 0.15) is 134 Å². The molecule has 6 heterocycles. The number of amides is 2. The highest BCUT2D eigenvalue weighted by molar-refractivity contribution is 5.73. The van der Waals surface area contributed by atoms with Gasteiger partial charge in [0.05, 0.1) is 38.6 Å². The van der Waals surface area contributed by atoms with Crippen LogP contribution >= 0.6 is 0 Å². The number of ether oxygens (including phenoxy) is 11. The van der Waals surface area contributed by atoms with Crippen LogP contribution in [-0.4, -0.2) is 304 Å². The molecule has 0 aromatic heterocycles. The van der Waals surface area contributed by atoms with E-state index in [1.165, 1.54) is 13.8 Å². The highest BCUT2D eigenvalue weighted by Crippen LogP contribution is 2.38. The van der Waals surface area contributed by atoms with Crippen molar-refractivity contribution < 1.29 is 143 Å². The molecule has 0 radical (unpaired) electrons. The lowest BCUT2D eigenvalue weighted by molar-refractivity contribution is -0.399. The number of aliphatic hydroxyl groups is 16. The van der Waals surface area contributed by atoms with E-state index in [2.05, 4.69) is 10.6 Å². The lowest BCUT2D eigenvalue weighted by Crippen LogP contribution is -2.72. The van der Waals surface area contributed by atoms with Gasteiger partial charge in [0.25, 0.3) is 0 Å². The summed E-state index contributed by atoms with van der Waals surface area (Å²) in [5.41, 5.74) is 0. The molecule has 0 aliphatic carbocycles. The molecule has 0 bridgehead atoms. The van der Waals surface area contributed by atoms with Crippen molar-refractivity contribution in [1.82, 2.24) is 10.6 Å². The van der Waals surface area contributed by atoms with Gasteiger partial charge in [-0.25, -0.2) is 0 Å². The van der Waals surface area contributed by atoms with Crippen molar-refractivity contribution in [2.75, 3.05) is 26.4 Å². The van der Waals surface area contributed by atoms with Gasteiger partial charge in [0, 0.05) is 13.8 Å². The molecule has 2 amide bonds.